The maximum absolute atomic E-state index is 13.6. The van der Waals surface area contributed by atoms with Crippen LogP contribution in [0.2, 0.25) is 0 Å². The minimum absolute atomic E-state index is 0.0148. The van der Waals surface area contributed by atoms with Crippen LogP contribution < -0.4 is 9.47 Å². The van der Waals surface area contributed by atoms with E-state index in [1.165, 1.54) is 6.92 Å². The second-order valence-electron chi connectivity index (χ2n) is 6.93. The molecule has 192 valence electrons. The van der Waals surface area contributed by atoms with Crippen molar-refractivity contribution in [1.82, 2.24) is 0 Å². The number of hydrogen-bond acceptors (Lipinski definition) is 8. The van der Waals surface area contributed by atoms with Crippen molar-refractivity contribution in [1.29, 1.82) is 0 Å². The van der Waals surface area contributed by atoms with Gasteiger partial charge in [-0.2, -0.15) is 23.2 Å². The first-order valence-electron chi connectivity index (χ1n) is 9.68. The fraction of sp³-hybridized carbons (Fsp3) is 0.526. The molecule has 1 unspecified atom stereocenters. The second-order valence-corrected chi connectivity index (χ2v) is 6.93. The van der Waals surface area contributed by atoms with Crippen molar-refractivity contribution in [3.8, 4) is 11.5 Å². The third kappa shape index (κ3) is 8.32. The summed E-state index contributed by atoms with van der Waals surface area (Å²) in [4.78, 5) is 14.7. The highest BCUT2D eigenvalue weighted by atomic mass is 19.4. The van der Waals surface area contributed by atoms with Gasteiger partial charge in [0.15, 0.2) is 0 Å². The Hall–Kier alpha value is -2.59. The van der Waals surface area contributed by atoms with Crippen LogP contribution in [0.15, 0.2) is 17.7 Å². The minimum atomic E-state index is -5.04. The number of benzene rings is 1. The number of rotatable bonds is 10. The molecule has 2 rings (SSSR count). The first-order valence-corrected chi connectivity index (χ1v) is 9.68. The van der Waals surface area contributed by atoms with E-state index in [-0.39, 0.29) is 43.1 Å². The van der Waals surface area contributed by atoms with Crippen LogP contribution >= 0.6 is 0 Å². The van der Waals surface area contributed by atoms with Gasteiger partial charge in [-0.1, -0.05) is 11.9 Å². The second kappa shape index (κ2) is 10.8. The number of quaternary nitrogens is 1. The van der Waals surface area contributed by atoms with Crippen molar-refractivity contribution in [2.24, 2.45) is 0 Å². The fourth-order valence-electron chi connectivity index (χ4n) is 2.87. The van der Waals surface area contributed by atoms with Gasteiger partial charge < -0.3 is 24.2 Å². The molecule has 0 saturated carbocycles. The van der Waals surface area contributed by atoms with Crippen molar-refractivity contribution >= 4 is 12.0 Å². The first-order chi connectivity index (χ1) is 15.6. The standard InChI is InChI=1S/C19H21F6NO8/c1-3-11-8-13(34-19(23,24)25)9-12-10-14(16(18(20,21)22)33-15(11)12)17(27)31-6-4-30-5-7-32-26(2,28)29/h8-10,16,28H,3-7H2,1-2H3/t16-/m0/s1. The Morgan fingerprint density at radius 1 is 1.15 bits per heavy atom. The molecule has 0 bridgehead atoms. The van der Waals surface area contributed by atoms with E-state index in [1.54, 1.807) is 0 Å². The van der Waals surface area contributed by atoms with Crippen molar-refractivity contribution in [3.63, 3.8) is 0 Å². The Bertz CT molecular complexity index is 894. The Kier molecular flexibility index (Phi) is 8.76. The summed E-state index contributed by atoms with van der Waals surface area (Å²) in [5, 5.41) is 19.5. The van der Waals surface area contributed by atoms with Gasteiger partial charge >= 0.3 is 18.5 Å². The van der Waals surface area contributed by atoms with E-state index in [0.29, 0.717) is 0 Å². The molecule has 1 aromatic carbocycles. The van der Waals surface area contributed by atoms with Crippen LogP contribution in [0.4, 0.5) is 26.3 Å². The van der Waals surface area contributed by atoms with E-state index in [9.17, 15) is 36.3 Å². The van der Waals surface area contributed by atoms with Crippen molar-refractivity contribution < 1.29 is 65.1 Å². The molecule has 34 heavy (non-hydrogen) atoms. The van der Waals surface area contributed by atoms with Gasteiger partial charge in [0.1, 0.15) is 31.8 Å². The summed E-state index contributed by atoms with van der Waals surface area (Å²) in [7, 11) is 0.790. The fourth-order valence-corrected chi connectivity index (χ4v) is 2.87. The van der Waals surface area contributed by atoms with Crippen molar-refractivity contribution in [3.05, 3.63) is 34.0 Å². The molecule has 1 aliphatic rings. The van der Waals surface area contributed by atoms with Gasteiger partial charge in [0.2, 0.25) is 6.10 Å². The molecule has 0 spiro atoms. The van der Waals surface area contributed by atoms with Crippen LogP contribution in [-0.4, -0.2) is 68.3 Å². The Morgan fingerprint density at radius 3 is 2.35 bits per heavy atom. The monoisotopic (exact) mass is 505 g/mol. The summed E-state index contributed by atoms with van der Waals surface area (Å²) in [5.74, 6) is -2.44. The SMILES string of the molecule is CCc1cc(OC(F)(F)F)cc2c1O[C@H](C(F)(F)F)C(C(=O)OCCOCCO[N+](C)([O-])O)=C2. The molecule has 2 atom stereocenters. The van der Waals surface area contributed by atoms with Crippen LogP contribution in [0.3, 0.4) is 0 Å². The van der Waals surface area contributed by atoms with E-state index in [0.717, 1.165) is 25.3 Å². The molecule has 1 aliphatic heterocycles. The molecule has 0 saturated heterocycles. The molecule has 15 heteroatoms. The molecule has 1 aromatic rings. The lowest BCUT2D eigenvalue weighted by atomic mass is 9.97. The van der Waals surface area contributed by atoms with E-state index < -0.39 is 47.5 Å². The van der Waals surface area contributed by atoms with Gasteiger partial charge in [0.25, 0.3) is 0 Å². The van der Waals surface area contributed by atoms with Gasteiger partial charge in [-0.15, -0.1) is 13.2 Å². The molecule has 1 N–H and O–H groups in total. The zero-order valence-corrected chi connectivity index (χ0v) is 17.9. The van der Waals surface area contributed by atoms with Gasteiger partial charge in [-0.05, 0) is 30.2 Å². The van der Waals surface area contributed by atoms with Crippen LogP contribution in [0.5, 0.6) is 11.5 Å². The summed E-state index contributed by atoms with van der Waals surface area (Å²) < 4.78 is 97.1. The maximum atomic E-state index is 13.6. The Balaban J connectivity index is 2.16. The highest BCUT2D eigenvalue weighted by Crippen LogP contribution is 2.42. The number of alkyl halides is 6. The molecule has 0 radical (unpaired) electrons. The van der Waals surface area contributed by atoms with Gasteiger partial charge in [0, 0.05) is 5.56 Å². The number of aryl methyl sites for hydroxylation is 1. The van der Waals surface area contributed by atoms with E-state index in [4.69, 9.17) is 19.4 Å². The van der Waals surface area contributed by atoms with E-state index >= 15 is 0 Å². The Morgan fingerprint density at radius 2 is 1.79 bits per heavy atom. The minimum Gasteiger partial charge on any atom is -0.564 e. The Labute approximate surface area is 189 Å². The summed E-state index contributed by atoms with van der Waals surface area (Å²) in [5.41, 5.74) is -1.18. The van der Waals surface area contributed by atoms with E-state index in [1.807, 2.05) is 0 Å². The zero-order chi connectivity index (χ0) is 25.7. The number of nitrogens with zero attached hydrogens (tertiary/aromatic N) is 1. The predicted molar refractivity (Wildman–Crippen MR) is 100 cm³/mol. The molecule has 0 fully saturated rings. The largest absolute Gasteiger partial charge is 0.573 e. The van der Waals surface area contributed by atoms with Gasteiger partial charge in [-0.3, -0.25) is 0 Å². The summed E-state index contributed by atoms with van der Waals surface area (Å²) in [6.45, 7) is 0.203. The number of esters is 1. The number of hydroxylamine groups is 3. The molecule has 0 aliphatic carbocycles. The number of halogens is 6. The first kappa shape index (κ1) is 27.7. The molecular weight excluding hydrogens is 484 g/mol. The lowest BCUT2D eigenvalue weighted by Crippen LogP contribution is -2.41. The number of hydrogen-bond donors (Lipinski definition) is 1. The smallest absolute Gasteiger partial charge is 0.564 e. The third-order valence-electron chi connectivity index (χ3n) is 4.16. The number of carbonyl (C=O) groups is 1. The molecule has 9 nitrogen and oxygen atoms in total. The quantitative estimate of drug-likeness (QED) is 0.169. The van der Waals surface area contributed by atoms with Crippen molar-refractivity contribution in [2.45, 2.75) is 32.0 Å². The summed E-state index contributed by atoms with van der Waals surface area (Å²) >= 11 is 0. The number of fused-ring (bicyclic) bond motifs is 1. The van der Waals surface area contributed by atoms with E-state index in [2.05, 4.69) is 9.57 Å². The highest BCUT2D eigenvalue weighted by molar-refractivity contribution is 5.96. The number of ether oxygens (including phenoxy) is 4. The van der Waals surface area contributed by atoms with Crippen molar-refractivity contribution in [2.75, 3.05) is 33.5 Å². The molecule has 0 aromatic heterocycles. The highest BCUT2D eigenvalue weighted by Gasteiger charge is 2.49. The zero-order valence-electron chi connectivity index (χ0n) is 17.9. The van der Waals surface area contributed by atoms with Crippen LogP contribution in [0.1, 0.15) is 18.1 Å². The van der Waals surface area contributed by atoms with Crippen LogP contribution in [0, 0.1) is 5.21 Å². The maximum Gasteiger partial charge on any atom is 0.573 e. The molecule has 0 amide bonds. The molecule has 1 heterocycles. The van der Waals surface area contributed by atoms with Crippen LogP contribution in [0.25, 0.3) is 6.08 Å². The lowest BCUT2D eigenvalue weighted by Gasteiger charge is -2.29. The topological polar surface area (TPSA) is 107 Å². The van der Waals surface area contributed by atoms with Crippen LogP contribution in [-0.2, 0) is 25.5 Å². The third-order valence-corrected chi connectivity index (χ3v) is 4.16. The van der Waals surface area contributed by atoms with Gasteiger partial charge in [0.05, 0.1) is 18.8 Å². The average Bonchev–Trinajstić information content (AvgIpc) is 2.68. The lowest BCUT2D eigenvalue weighted by molar-refractivity contribution is -1.20. The molecular formula is C19H21F6NO8. The summed E-state index contributed by atoms with van der Waals surface area (Å²) in [6.07, 6.45) is -12.0. The summed E-state index contributed by atoms with van der Waals surface area (Å²) in [6, 6.07) is 1.71. The number of carbonyl (C=O) groups excluding carboxylic acids is 1. The van der Waals surface area contributed by atoms with Gasteiger partial charge in [-0.25, -0.2) is 4.79 Å². The normalized spacial score (nSPS) is 17.8. The average molecular weight is 505 g/mol. The predicted octanol–water partition coefficient (Wildman–Crippen LogP) is 3.68.